The number of H-pyrrole nitrogens is 1. The highest BCUT2D eigenvalue weighted by molar-refractivity contribution is 7.13. The standard InChI is InChI=1S/C54H67F4N9O7S/c1-31-27-66(28-32(2)64(31)7)43-24-41(55)38(22-42(43)62-50(72)39-26-59-46(70)23-40(39)54(56,57)58)35-17-19-65(20-18-35)47(71)12-10-8-9-11-45(69)63-49(53(4,5)6)52(74)67-29-37(68)21-44(67)51(73)60-25-34-13-15-36(16-14-34)48-33(3)61-30-75-48/h13-17,22-24,26,30-32,37,44,49,68H,8-12,18-21,25,27-29H2,1-7H3,(H,59,70)(H,60,73)(H,62,72)(H,63,69)/t31-,32+,37-,44+,49-/m1/s1. The Morgan fingerprint density at radius 1 is 0.960 bits per heavy atom. The van der Waals surface area contributed by atoms with Gasteiger partial charge >= 0.3 is 6.18 Å². The van der Waals surface area contributed by atoms with E-state index < -0.39 is 70.0 Å². The zero-order chi connectivity index (χ0) is 54.5. The van der Waals surface area contributed by atoms with E-state index in [0.29, 0.717) is 50.2 Å². The Bertz CT molecular complexity index is 2830. The van der Waals surface area contributed by atoms with Crippen molar-refractivity contribution in [2.24, 2.45) is 5.41 Å². The van der Waals surface area contributed by atoms with Crippen LogP contribution in [0.1, 0.15) is 112 Å². The van der Waals surface area contributed by atoms with Gasteiger partial charge in [0.2, 0.25) is 29.2 Å². The summed E-state index contributed by atoms with van der Waals surface area (Å²) in [5, 5.41) is 19.0. The summed E-state index contributed by atoms with van der Waals surface area (Å²) in [6, 6.07) is 8.93. The number of rotatable bonds is 16. The van der Waals surface area contributed by atoms with Crippen molar-refractivity contribution < 1.29 is 46.6 Å². The van der Waals surface area contributed by atoms with Crippen molar-refractivity contribution in [2.75, 3.05) is 50.0 Å². The Balaban J connectivity index is 0.913. The Morgan fingerprint density at radius 3 is 2.28 bits per heavy atom. The molecule has 21 heteroatoms. The maximum absolute atomic E-state index is 16.2. The molecule has 2 saturated heterocycles. The third kappa shape index (κ3) is 13.7. The van der Waals surface area contributed by atoms with Gasteiger partial charge in [-0.1, -0.05) is 57.5 Å². The number of halogens is 4. The van der Waals surface area contributed by atoms with Crippen molar-refractivity contribution in [1.29, 1.82) is 0 Å². The number of piperazine rings is 1. The third-order valence-corrected chi connectivity index (χ3v) is 15.4. The number of aliphatic hydroxyl groups excluding tert-OH is 1. The zero-order valence-corrected chi connectivity index (χ0v) is 44.2. The number of aliphatic hydroxyl groups is 1. The molecule has 2 fully saturated rings. The number of carbonyl (C=O) groups excluding carboxylic acids is 5. The van der Waals surface area contributed by atoms with Crippen molar-refractivity contribution in [2.45, 2.75) is 129 Å². The monoisotopic (exact) mass is 1060 g/mol. The number of aryl methyl sites for hydroxylation is 1. The van der Waals surface area contributed by atoms with E-state index in [0.717, 1.165) is 21.7 Å². The van der Waals surface area contributed by atoms with Crippen molar-refractivity contribution in [3.8, 4) is 10.4 Å². The molecule has 2 aromatic carbocycles. The highest BCUT2D eigenvalue weighted by atomic mass is 32.1. The van der Waals surface area contributed by atoms with Gasteiger partial charge in [0, 0.05) is 88.4 Å². The number of hydrogen-bond acceptors (Lipinski definition) is 11. The number of aromatic amines is 1. The predicted molar refractivity (Wildman–Crippen MR) is 279 cm³/mol. The first-order valence-electron chi connectivity index (χ1n) is 25.3. The topological polar surface area (TPSA) is 200 Å². The minimum absolute atomic E-state index is 0.0268. The van der Waals surface area contributed by atoms with Crippen molar-refractivity contribution >= 4 is 57.8 Å². The lowest BCUT2D eigenvalue weighted by atomic mass is 9.85. The summed E-state index contributed by atoms with van der Waals surface area (Å²) in [6.07, 6.45) is -1.43. The molecule has 0 bridgehead atoms. The molecule has 0 radical (unpaired) electrons. The lowest BCUT2D eigenvalue weighted by Gasteiger charge is -2.44. The van der Waals surface area contributed by atoms with Gasteiger partial charge in [0.25, 0.3) is 5.91 Å². The maximum atomic E-state index is 16.2. The van der Waals surface area contributed by atoms with E-state index in [-0.39, 0.29) is 92.7 Å². The van der Waals surface area contributed by atoms with E-state index in [1.165, 1.54) is 17.0 Å². The zero-order valence-electron chi connectivity index (χ0n) is 43.4. The predicted octanol–water partition coefficient (Wildman–Crippen LogP) is 7.12. The molecule has 0 aliphatic carbocycles. The number of nitrogens with one attached hydrogen (secondary N) is 4. The molecule has 5 atom stereocenters. The minimum atomic E-state index is -5.00. The molecular formula is C54H67F4N9O7S. The molecule has 0 unspecified atom stereocenters. The quantitative estimate of drug-likeness (QED) is 0.0569. The number of likely N-dealkylation sites (tertiary alicyclic amines) is 1. The van der Waals surface area contributed by atoms with Crippen LogP contribution in [0.2, 0.25) is 0 Å². The van der Waals surface area contributed by atoms with Crippen LogP contribution < -0.4 is 26.4 Å². The third-order valence-electron chi connectivity index (χ3n) is 14.4. The molecule has 3 aliphatic rings. The van der Waals surface area contributed by atoms with Crippen molar-refractivity contribution in [1.82, 2.24) is 35.3 Å². The van der Waals surface area contributed by atoms with Gasteiger partial charge in [0.05, 0.1) is 44.7 Å². The Kier molecular flexibility index (Phi) is 17.7. The molecule has 404 valence electrons. The van der Waals surface area contributed by atoms with E-state index in [2.05, 4.69) is 30.8 Å². The molecule has 7 rings (SSSR count). The number of carbonyl (C=O) groups is 5. The average Bonchev–Trinajstić information content (AvgIpc) is 3.98. The molecule has 16 nitrogen and oxygen atoms in total. The molecular weight excluding hydrogens is 995 g/mol. The van der Waals surface area contributed by atoms with Crippen LogP contribution in [0.5, 0.6) is 0 Å². The molecule has 3 aliphatic heterocycles. The molecule has 5 N–H and O–H groups in total. The number of pyridine rings is 1. The van der Waals surface area contributed by atoms with Crippen molar-refractivity contribution in [3.63, 3.8) is 0 Å². The van der Waals surface area contributed by atoms with Gasteiger partial charge in [-0.15, -0.1) is 11.3 Å². The summed E-state index contributed by atoms with van der Waals surface area (Å²) in [6.45, 7) is 12.9. The lowest BCUT2D eigenvalue weighted by molar-refractivity contribution is -0.144. The fraction of sp³-hybridized carbons (Fsp3) is 0.500. The van der Waals surface area contributed by atoms with Gasteiger partial charge in [0.15, 0.2) is 0 Å². The Morgan fingerprint density at radius 2 is 1.65 bits per heavy atom. The number of unbranched alkanes of at least 4 members (excludes halogenated alkanes) is 2. The number of anilines is 2. The van der Waals surface area contributed by atoms with Gasteiger partial charge < -0.3 is 40.7 Å². The summed E-state index contributed by atoms with van der Waals surface area (Å²) >= 11 is 1.55. The molecule has 75 heavy (non-hydrogen) atoms. The normalized spacial score (nSPS) is 19.9. The van der Waals surface area contributed by atoms with Crippen LogP contribution in [0.4, 0.5) is 28.9 Å². The number of hydrogen-bond donors (Lipinski definition) is 5. The molecule has 5 heterocycles. The van der Waals surface area contributed by atoms with E-state index in [9.17, 15) is 47.0 Å². The smallest absolute Gasteiger partial charge is 0.391 e. The Hall–Kier alpha value is -6.45. The summed E-state index contributed by atoms with van der Waals surface area (Å²) in [5.74, 6) is -3.11. The van der Waals surface area contributed by atoms with Crippen LogP contribution in [-0.4, -0.2) is 129 Å². The number of thiazole rings is 1. The van der Waals surface area contributed by atoms with E-state index in [1.54, 1.807) is 27.8 Å². The number of β-amino-alcohol motifs (C(OH)–C–C–N with tert-alkyl or cyclic N) is 1. The molecule has 5 amide bonds. The second-order valence-corrected chi connectivity index (χ2v) is 21.9. The SMILES string of the molecule is Cc1ncsc1-c1ccc(CNC(=O)[C@@H]2C[C@@H](O)CN2C(=O)[C@@H](NC(=O)CCCCCC(=O)N2CC=C(c3cc(NC(=O)c4c[nH]c(=O)cc4C(F)(F)F)c(N4C[C@@H](C)N(C)[C@@H](C)C4)cc3F)CC2)C(C)(C)C)cc1. The van der Waals surface area contributed by atoms with Gasteiger partial charge in [-0.25, -0.2) is 9.37 Å². The number of benzene rings is 2. The van der Waals surface area contributed by atoms with Gasteiger partial charge in [-0.3, -0.25) is 33.7 Å². The largest absolute Gasteiger partial charge is 0.417 e. The van der Waals surface area contributed by atoms with Gasteiger partial charge in [-0.05, 0) is 81.3 Å². The summed E-state index contributed by atoms with van der Waals surface area (Å²) in [7, 11) is 1.96. The number of amides is 5. The molecule has 4 aromatic rings. The first-order chi connectivity index (χ1) is 35.4. The second-order valence-electron chi connectivity index (χ2n) is 21.0. The van der Waals surface area contributed by atoms with E-state index in [1.807, 2.05) is 77.8 Å². The number of likely N-dealkylation sites (N-methyl/N-ethyl adjacent to an activating group) is 1. The van der Waals surface area contributed by atoms with Crippen molar-refractivity contribution in [3.05, 3.63) is 104 Å². The fourth-order valence-electron chi connectivity index (χ4n) is 9.91. The van der Waals surface area contributed by atoms with Crippen LogP contribution in [0, 0.1) is 18.2 Å². The molecule has 0 spiro atoms. The molecule has 2 aromatic heterocycles. The lowest BCUT2D eigenvalue weighted by Crippen LogP contribution is -2.57. The van der Waals surface area contributed by atoms with Gasteiger partial charge in [0.1, 0.15) is 17.9 Å². The number of alkyl halides is 3. The van der Waals surface area contributed by atoms with Crippen LogP contribution in [0.3, 0.4) is 0 Å². The van der Waals surface area contributed by atoms with E-state index in [4.69, 9.17) is 0 Å². The van der Waals surface area contributed by atoms with Crippen LogP contribution >= 0.6 is 11.3 Å². The molecule has 0 saturated carbocycles. The van der Waals surface area contributed by atoms with E-state index >= 15 is 4.39 Å². The van der Waals surface area contributed by atoms with Crippen LogP contribution in [0.25, 0.3) is 16.0 Å². The number of aromatic nitrogens is 2. The van der Waals surface area contributed by atoms with Crippen LogP contribution in [0.15, 0.2) is 65.0 Å². The first kappa shape index (κ1) is 56.3. The average molecular weight is 1060 g/mol. The Labute approximate surface area is 437 Å². The fourth-order valence-corrected chi connectivity index (χ4v) is 10.7. The summed E-state index contributed by atoms with van der Waals surface area (Å²) < 4.78 is 58.1. The summed E-state index contributed by atoms with van der Waals surface area (Å²) in [5.41, 5.74) is 1.70. The highest BCUT2D eigenvalue weighted by Crippen LogP contribution is 2.38. The van der Waals surface area contributed by atoms with Gasteiger partial charge in [-0.2, -0.15) is 13.2 Å². The first-order valence-corrected chi connectivity index (χ1v) is 26.2. The second kappa shape index (κ2) is 23.6. The number of nitrogens with zero attached hydrogens (tertiary/aromatic N) is 5. The summed E-state index contributed by atoms with van der Waals surface area (Å²) in [4.78, 5) is 94.2. The highest BCUT2D eigenvalue weighted by Gasteiger charge is 2.45. The van der Waals surface area contributed by atoms with Crippen LogP contribution in [-0.2, 0) is 31.9 Å². The maximum Gasteiger partial charge on any atom is 0.417 e. The minimum Gasteiger partial charge on any atom is -0.391 e.